The van der Waals surface area contributed by atoms with Crippen molar-refractivity contribution < 1.29 is 10.2 Å². The summed E-state index contributed by atoms with van der Waals surface area (Å²) < 4.78 is 0. The first-order valence-electron chi connectivity index (χ1n) is 4.87. The average molecular weight is 173 g/mol. The number of unbranched alkanes of at least 4 members (excludes halogenated alkanes) is 1. The Kier molecular flexibility index (Phi) is 3.98. The van der Waals surface area contributed by atoms with Gasteiger partial charge in [0.25, 0.3) is 0 Å². The Labute approximate surface area is 74.0 Å². The van der Waals surface area contributed by atoms with Crippen LogP contribution < -0.4 is 0 Å². The highest BCUT2D eigenvalue weighted by Gasteiger charge is 2.26. The van der Waals surface area contributed by atoms with Gasteiger partial charge in [-0.1, -0.05) is 13.3 Å². The number of aliphatic hydroxyl groups excluding tert-OH is 2. The van der Waals surface area contributed by atoms with Gasteiger partial charge in [-0.3, -0.25) is 4.90 Å². The van der Waals surface area contributed by atoms with Crippen LogP contribution in [-0.4, -0.2) is 34.1 Å². The van der Waals surface area contributed by atoms with E-state index in [9.17, 15) is 10.2 Å². The molecule has 0 aromatic carbocycles. The molecule has 1 fully saturated rings. The lowest BCUT2D eigenvalue weighted by Gasteiger charge is -2.36. The summed E-state index contributed by atoms with van der Waals surface area (Å²) in [5, 5.41) is 19.1. The Morgan fingerprint density at radius 2 is 1.83 bits per heavy atom. The molecule has 0 aliphatic carbocycles. The molecule has 72 valence electrons. The maximum absolute atomic E-state index is 9.53. The van der Waals surface area contributed by atoms with Crippen LogP contribution in [0.25, 0.3) is 0 Å². The third-order valence-corrected chi connectivity index (χ3v) is 2.46. The lowest BCUT2D eigenvalue weighted by atomic mass is 10.1. The van der Waals surface area contributed by atoms with Crippen LogP contribution in [0, 0.1) is 0 Å². The second-order valence-electron chi connectivity index (χ2n) is 3.48. The zero-order valence-electron chi connectivity index (χ0n) is 7.74. The molecule has 0 spiro atoms. The van der Waals surface area contributed by atoms with E-state index in [0.717, 1.165) is 38.6 Å². The first kappa shape index (κ1) is 9.96. The van der Waals surface area contributed by atoms with Crippen molar-refractivity contribution in [3.05, 3.63) is 0 Å². The van der Waals surface area contributed by atoms with Crippen molar-refractivity contribution in [3.8, 4) is 0 Å². The summed E-state index contributed by atoms with van der Waals surface area (Å²) in [7, 11) is 0. The molecule has 1 saturated heterocycles. The quantitative estimate of drug-likeness (QED) is 0.666. The van der Waals surface area contributed by atoms with E-state index in [2.05, 4.69) is 6.92 Å². The molecule has 0 amide bonds. The van der Waals surface area contributed by atoms with Gasteiger partial charge in [0, 0.05) is 6.54 Å². The minimum Gasteiger partial charge on any atom is -0.378 e. The van der Waals surface area contributed by atoms with E-state index < -0.39 is 12.5 Å². The zero-order valence-corrected chi connectivity index (χ0v) is 7.74. The standard InChI is InChI=1S/C9H19NO2/c1-2-3-7-10-8(11)5-4-6-9(10)12/h8-9,11-12H,2-7H2,1H3. The summed E-state index contributed by atoms with van der Waals surface area (Å²) in [6.45, 7) is 2.93. The van der Waals surface area contributed by atoms with E-state index in [0.29, 0.717) is 0 Å². The number of aliphatic hydroxyl groups is 2. The van der Waals surface area contributed by atoms with E-state index in [1.165, 1.54) is 0 Å². The Balaban J connectivity index is 2.34. The molecule has 1 heterocycles. The third kappa shape index (κ3) is 2.44. The first-order chi connectivity index (χ1) is 5.75. The summed E-state index contributed by atoms with van der Waals surface area (Å²) in [5.41, 5.74) is 0. The molecule has 2 N–H and O–H groups in total. The van der Waals surface area contributed by atoms with Gasteiger partial charge >= 0.3 is 0 Å². The summed E-state index contributed by atoms with van der Waals surface area (Å²) in [6, 6.07) is 0. The molecule has 1 aliphatic rings. The number of hydrogen-bond acceptors (Lipinski definition) is 3. The van der Waals surface area contributed by atoms with Gasteiger partial charge in [-0.2, -0.15) is 0 Å². The maximum atomic E-state index is 9.53. The van der Waals surface area contributed by atoms with Crippen LogP contribution in [0.4, 0.5) is 0 Å². The van der Waals surface area contributed by atoms with Gasteiger partial charge in [-0.15, -0.1) is 0 Å². The van der Waals surface area contributed by atoms with Crippen molar-refractivity contribution in [2.75, 3.05) is 6.54 Å². The van der Waals surface area contributed by atoms with Crippen molar-refractivity contribution in [1.29, 1.82) is 0 Å². The summed E-state index contributed by atoms with van der Waals surface area (Å²) in [6.07, 6.45) is 3.87. The van der Waals surface area contributed by atoms with E-state index in [-0.39, 0.29) is 0 Å². The average Bonchev–Trinajstić information content (AvgIpc) is 2.04. The Hall–Kier alpha value is -0.120. The Morgan fingerprint density at radius 3 is 2.33 bits per heavy atom. The summed E-state index contributed by atoms with van der Waals surface area (Å²) >= 11 is 0. The van der Waals surface area contributed by atoms with Crippen LogP contribution >= 0.6 is 0 Å². The largest absolute Gasteiger partial charge is 0.378 e. The summed E-state index contributed by atoms with van der Waals surface area (Å²) in [4.78, 5) is 1.80. The van der Waals surface area contributed by atoms with E-state index >= 15 is 0 Å². The number of rotatable bonds is 3. The molecule has 2 unspecified atom stereocenters. The Morgan fingerprint density at radius 1 is 1.25 bits per heavy atom. The lowest BCUT2D eigenvalue weighted by molar-refractivity contribution is -0.130. The molecule has 0 aromatic rings. The van der Waals surface area contributed by atoms with Crippen LogP contribution in [0.1, 0.15) is 39.0 Å². The predicted molar refractivity (Wildman–Crippen MR) is 47.5 cm³/mol. The molecular formula is C9H19NO2. The monoisotopic (exact) mass is 173 g/mol. The molecule has 3 heteroatoms. The molecule has 0 radical (unpaired) electrons. The Bertz CT molecular complexity index is 120. The molecule has 0 saturated carbocycles. The molecule has 0 aromatic heterocycles. The van der Waals surface area contributed by atoms with Gasteiger partial charge in [0.1, 0.15) is 12.5 Å². The smallest absolute Gasteiger partial charge is 0.109 e. The fourth-order valence-electron chi connectivity index (χ4n) is 1.65. The molecule has 12 heavy (non-hydrogen) atoms. The van der Waals surface area contributed by atoms with Gasteiger partial charge in [0.15, 0.2) is 0 Å². The zero-order chi connectivity index (χ0) is 8.97. The second-order valence-corrected chi connectivity index (χ2v) is 3.48. The molecule has 1 rings (SSSR count). The van der Waals surface area contributed by atoms with Crippen molar-refractivity contribution in [2.24, 2.45) is 0 Å². The highest BCUT2D eigenvalue weighted by molar-refractivity contribution is 4.71. The third-order valence-electron chi connectivity index (χ3n) is 2.46. The van der Waals surface area contributed by atoms with Crippen molar-refractivity contribution >= 4 is 0 Å². The first-order valence-corrected chi connectivity index (χ1v) is 4.87. The number of nitrogens with zero attached hydrogens (tertiary/aromatic N) is 1. The SMILES string of the molecule is CCCCN1C(O)CCCC1O. The highest BCUT2D eigenvalue weighted by Crippen LogP contribution is 2.19. The van der Waals surface area contributed by atoms with E-state index in [4.69, 9.17) is 0 Å². The van der Waals surface area contributed by atoms with Gasteiger partial charge < -0.3 is 10.2 Å². The van der Waals surface area contributed by atoms with Crippen LogP contribution in [0.15, 0.2) is 0 Å². The van der Waals surface area contributed by atoms with Crippen LogP contribution in [-0.2, 0) is 0 Å². The van der Waals surface area contributed by atoms with Gasteiger partial charge in [-0.25, -0.2) is 0 Å². The van der Waals surface area contributed by atoms with Crippen LogP contribution in [0.5, 0.6) is 0 Å². The van der Waals surface area contributed by atoms with Gasteiger partial charge in [-0.05, 0) is 25.7 Å². The second kappa shape index (κ2) is 4.80. The van der Waals surface area contributed by atoms with Gasteiger partial charge in [0.2, 0.25) is 0 Å². The van der Waals surface area contributed by atoms with Crippen molar-refractivity contribution in [3.63, 3.8) is 0 Å². The van der Waals surface area contributed by atoms with Crippen LogP contribution in [0.2, 0.25) is 0 Å². The number of hydrogen-bond donors (Lipinski definition) is 2. The minimum atomic E-state index is -0.416. The lowest BCUT2D eigenvalue weighted by Crippen LogP contribution is -2.46. The molecular weight excluding hydrogens is 154 g/mol. The minimum absolute atomic E-state index is 0.416. The number of piperidine rings is 1. The molecule has 2 atom stereocenters. The van der Waals surface area contributed by atoms with Gasteiger partial charge in [0.05, 0.1) is 0 Å². The van der Waals surface area contributed by atoms with Crippen LogP contribution in [0.3, 0.4) is 0 Å². The van der Waals surface area contributed by atoms with E-state index in [1.807, 2.05) is 0 Å². The molecule has 0 bridgehead atoms. The van der Waals surface area contributed by atoms with Crippen molar-refractivity contribution in [2.45, 2.75) is 51.5 Å². The molecule has 3 nitrogen and oxygen atoms in total. The fraction of sp³-hybridized carbons (Fsp3) is 1.00. The maximum Gasteiger partial charge on any atom is 0.109 e. The van der Waals surface area contributed by atoms with Crippen molar-refractivity contribution in [1.82, 2.24) is 4.90 Å². The normalized spacial score (nSPS) is 32.2. The summed E-state index contributed by atoms with van der Waals surface area (Å²) in [5.74, 6) is 0. The number of likely N-dealkylation sites (tertiary alicyclic amines) is 1. The predicted octanol–water partition coefficient (Wildman–Crippen LogP) is 0.909. The topological polar surface area (TPSA) is 43.7 Å². The fourth-order valence-corrected chi connectivity index (χ4v) is 1.65. The molecule has 1 aliphatic heterocycles. The van der Waals surface area contributed by atoms with E-state index in [1.54, 1.807) is 4.90 Å². The highest BCUT2D eigenvalue weighted by atomic mass is 16.3.